The predicted molar refractivity (Wildman–Crippen MR) is 98.9 cm³/mol. The van der Waals surface area contributed by atoms with Gasteiger partial charge in [-0.2, -0.15) is 0 Å². The van der Waals surface area contributed by atoms with Crippen LogP contribution in [0.4, 0.5) is 0 Å². The lowest BCUT2D eigenvalue weighted by molar-refractivity contribution is -0.125. The number of ether oxygens (including phenoxy) is 1. The third kappa shape index (κ3) is 4.54. The minimum Gasteiger partial charge on any atom is -0.376 e. The van der Waals surface area contributed by atoms with Crippen molar-refractivity contribution in [2.75, 3.05) is 26.5 Å². The lowest BCUT2D eigenvalue weighted by atomic mass is 10.2. The molecule has 0 radical (unpaired) electrons. The summed E-state index contributed by atoms with van der Waals surface area (Å²) in [4.78, 5) is 13.5. The highest BCUT2D eigenvalue weighted by atomic mass is 35.5. The average Bonchev–Trinajstić information content (AvgIpc) is 3.24. The maximum Gasteiger partial charge on any atom is 0.232 e. The molecule has 1 atom stereocenters. The molecule has 1 amide bonds. The van der Waals surface area contributed by atoms with Crippen LogP contribution in [0.25, 0.3) is 11.4 Å². The Hall–Kier alpha value is -1.57. The number of hydrogen-bond acceptors (Lipinski definition) is 5. The highest BCUT2D eigenvalue weighted by molar-refractivity contribution is 7.99. The zero-order chi connectivity index (χ0) is 17.8. The summed E-state index contributed by atoms with van der Waals surface area (Å²) in [5, 5.41) is 10.1. The summed E-state index contributed by atoms with van der Waals surface area (Å²) in [6.07, 6.45) is 2.26. The minimum atomic E-state index is 0.0460. The second-order valence-corrected chi connectivity index (χ2v) is 7.51. The van der Waals surface area contributed by atoms with E-state index in [-0.39, 0.29) is 12.0 Å². The number of nitrogens with zero attached hydrogens (tertiary/aromatic N) is 4. The van der Waals surface area contributed by atoms with E-state index in [9.17, 15) is 4.79 Å². The van der Waals surface area contributed by atoms with E-state index in [1.165, 1.54) is 11.8 Å². The molecule has 0 aliphatic carbocycles. The van der Waals surface area contributed by atoms with Crippen LogP contribution in [0.2, 0.25) is 5.02 Å². The van der Waals surface area contributed by atoms with Crippen molar-refractivity contribution in [1.29, 1.82) is 0 Å². The van der Waals surface area contributed by atoms with E-state index >= 15 is 0 Å². The number of aromatic nitrogens is 3. The third-order valence-corrected chi connectivity index (χ3v) is 5.26. The maximum absolute atomic E-state index is 11.9. The summed E-state index contributed by atoms with van der Waals surface area (Å²) in [7, 11) is 3.50. The van der Waals surface area contributed by atoms with E-state index in [0.29, 0.717) is 17.3 Å². The van der Waals surface area contributed by atoms with Crippen molar-refractivity contribution in [3.63, 3.8) is 0 Å². The molecule has 1 aliphatic rings. The second-order valence-electron chi connectivity index (χ2n) is 6.14. The van der Waals surface area contributed by atoms with Gasteiger partial charge in [-0.25, -0.2) is 0 Å². The molecule has 0 N–H and O–H groups in total. The van der Waals surface area contributed by atoms with Crippen LogP contribution in [0, 0.1) is 0 Å². The Morgan fingerprint density at radius 1 is 1.36 bits per heavy atom. The van der Waals surface area contributed by atoms with E-state index in [1.807, 2.05) is 28.8 Å². The molecule has 1 aromatic heterocycles. The molecule has 2 heterocycles. The first-order valence-corrected chi connectivity index (χ1v) is 9.54. The van der Waals surface area contributed by atoms with Crippen molar-refractivity contribution in [3.8, 4) is 11.4 Å². The Bertz CT molecular complexity index is 727. The van der Waals surface area contributed by atoms with Crippen molar-refractivity contribution in [3.05, 3.63) is 29.3 Å². The lowest BCUT2D eigenvalue weighted by Crippen LogP contribution is -2.24. The topological polar surface area (TPSA) is 60.2 Å². The van der Waals surface area contributed by atoms with E-state index in [2.05, 4.69) is 10.2 Å². The zero-order valence-electron chi connectivity index (χ0n) is 14.3. The molecule has 1 aliphatic heterocycles. The fourth-order valence-corrected chi connectivity index (χ4v) is 3.67. The molecule has 6 nitrogen and oxygen atoms in total. The van der Waals surface area contributed by atoms with E-state index in [4.69, 9.17) is 16.3 Å². The summed E-state index contributed by atoms with van der Waals surface area (Å²) in [6.45, 7) is 1.48. The van der Waals surface area contributed by atoms with Gasteiger partial charge in [0.15, 0.2) is 11.0 Å². The molecule has 8 heteroatoms. The van der Waals surface area contributed by atoms with Crippen molar-refractivity contribution < 1.29 is 9.53 Å². The van der Waals surface area contributed by atoms with Crippen molar-refractivity contribution in [1.82, 2.24) is 19.7 Å². The number of rotatable bonds is 6. The Kier molecular flexibility index (Phi) is 5.98. The Morgan fingerprint density at radius 2 is 2.12 bits per heavy atom. The van der Waals surface area contributed by atoms with Gasteiger partial charge in [0, 0.05) is 31.3 Å². The first-order valence-electron chi connectivity index (χ1n) is 8.18. The Morgan fingerprint density at radius 3 is 2.76 bits per heavy atom. The highest BCUT2D eigenvalue weighted by Gasteiger charge is 2.22. The molecular formula is C17H21ClN4O2S. The fraction of sp³-hybridized carbons (Fsp3) is 0.471. The molecule has 134 valence electrons. The van der Waals surface area contributed by atoms with Crippen LogP contribution in [0.1, 0.15) is 12.8 Å². The molecule has 1 fully saturated rings. The summed E-state index contributed by atoms with van der Waals surface area (Å²) in [5.74, 6) is 1.15. The SMILES string of the molecule is CN(C)C(=O)CSc1nnc(-c2ccc(Cl)cc2)n1C[C@@H]1CCCO1. The predicted octanol–water partition coefficient (Wildman–Crippen LogP) is 2.96. The van der Waals surface area contributed by atoms with Gasteiger partial charge in [-0.15, -0.1) is 10.2 Å². The second kappa shape index (κ2) is 8.21. The normalized spacial score (nSPS) is 17.0. The number of hydrogen-bond donors (Lipinski definition) is 0. The van der Waals surface area contributed by atoms with Gasteiger partial charge in [0.25, 0.3) is 0 Å². The lowest BCUT2D eigenvalue weighted by Gasteiger charge is -2.15. The van der Waals surface area contributed by atoms with Crippen molar-refractivity contribution in [2.24, 2.45) is 0 Å². The van der Waals surface area contributed by atoms with Gasteiger partial charge in [-0.1, -0.05) is 23.4 Å². The number of carbonyl (C=O) groups is 1. The van der Waals surface area contributed by atoms with E-state index in [1.54, 1.807) is 19.0 Å². The van der Waals surface area contributed by atoms with Crippen molar-refractivity contribution in [2.45, 2.75) is 30.6 Å². The van der Waals surface area contributed by atoms with E-state index in [0.717, 1.165) is 36.0 Å². The van der Waals surface area contributed by atoms with Gasteiger partial charge in [-0.05, 0) is 37.1 Å². The number of thioether (sulfide) groups is 1. The summed E-state index contributed by atoms with van der Waals surface area (Å²) in [6, 6.07) is 7.53. The number of halogens is 1. The molecule has 0 bridgehead atoms. The van der Waals surface area contributed by atoms with Gasteiger partial charge in [0.05, 0.1) is 18.4 Å². The Labute approximate surface area is 156 Å². The number of benzene rings is 1. The van der Waals surface area contributed by atoms with Crippen LogP contribution < -0.4 is 0 Å². The summed E-state index contributed by atoms with van der Waals surface area (Å²) < 4.78 is 7.82. The molecule has 3 rings (SSSR count). The van der Waals surface area contributed by atoms with Gasteiger partial charge >= 0.3 is 0 Å². The zero-order valence-corrected chi connectivity index (χ0v) is 15.9. The maximum atomic E-state index is 11.9. The molecule has 0 spiro atoms. The summed E-state index contributed by atoms with van der Waals surface area (Å²) >= 11 is 7.39. The van der Waals surface area contributed by atoms with Gasteiger partial charge < -0.3 is 9.64 Å². The quantitative estimate of drug-likeness (QED) is 0.721. The Balaban J connectivity index is 1.86. The van der Waals surface area contributed by atoms with Crippen LogP contribution in [0.3, 0.4) is 0 Å². The monoisotopic (exact) mass is 380 g/mol. The highest BCUT2D eigenvalue weighted by Crippen LogP contribution is 2.27. The van der Waals surface area contributed by atoms with Crippen LogP contribution >= 0.6 is 23.4 Å². The molecule has 1 saturated heterocycles. The smallest absolute Gasteiger partial charge is 0.232 e. The fourth-order valence-electron chi connectivity index (χ4n) is 2.62. The first kappa shape index (κ1) is 18.2. The van der Waals surface area contributed by atoms with Crippen LogP contribution in [0.5, 0.6) is 0 Å². The molecule has 0 unspecified atom stereocenters. The third-order valence-electron chi connectivity index (χ3n) is 4.05. The van der Waals surface area contributed by atoms with E-state index < -0.39 is 0 Å². The number of carbonyl (C=O) groups excluding carboxylic acids is 1. The van der Waals surface area contributed by atoms with Crippen molar-refractivity contribution >= 4 is 29.3 Å². The molecule has 2 aromatic rings. The average molecular weight is 381 g/mol. The molecular weight excluding hydrogens is 360 g/mol. The minimum absolute atomic E-state index is 0.0460. The largest absolute Gasteiger partial charge is 0.376 e. The number of amides is 1. The van der Waals surface area contributed by atoms with Gasteiger partial charge in [0.1, 0.15) is 0 Å². The summed E-state index contributed by atoms with van der Waals surface area (Å²) in [5.41, 5.74) is 0.945. The molecule has 25 heavy (non-hydrogen) atoms. The molecule has 0 saturated carbocycles. The first-order chi connectivity index (χ1) is 12.0. The molecule has 1 aromatic carbocycles. The standard InChI is InChI=1S/C17H21ClN4O2S/c1-21(2)15(23)11-25-17-20-19-16(12-5-7-13(18)8-6-12)22(17)10-14-4-3-9-24-14/h5-8,14H,3-4,9-11H2,1-2H3/t14-/m0/s1. The van der Waals surface area contributed by atoms with Gasteiger partial charge in [0.2, 0.25) is 5.91 Å². The van der Waals surface area contributed by atoms with Crippen LogP contribution in [-0.4, -0.2) is 58.1 Å². The van der Waals surface area contributed by atoms with Crippen LogP contribution in [-0.2, 0) is 16.1 Å². The van der Waals surface area contributed by atoms with Gasteiger partial charge in [-0.3, -0.25) is 9.36 Å². The van der Waals surface area contributed by atoms with Crippen LogP contribution in [0.15, 0.2) is 29.4 Å².